The Hall–Kier alpha value is -3.57. The van der Waals surface area contributed by atoms with Gasteiger partial charge in [-0.2, -0.15) is 10.4 Å². The van der Waals surface area contributed by atoms with E-state index in [4.69, 9.17) is 20.3 Å². The largest absolute Gasteiger partial charge is 0.484 e. The second kappa shape index (κ2) is 7.24. The van der Waals surface area contributed by atoms with Gasteiger partial charge in [0, 0.05) is 49.4 Å². The second-order valence-corrected chi connectivity index (χ2v) is 8.95. The molecule has 0 saturated carbocycles. The average molecular weight is 431 g/mol. The molecule has 5 rings (SSSR count). The number of benzene rings is 1. The van der Waals surface area contributed by atoms with Crippen LogP contribution in [0.3, 0.4) is 0 Å². The van der Waals surface area contributed by atoms with Crippen molar-refractivity contribution < 1.29 is 9.47 Å². The van der Waals surface area contributed by atoms with E-state index in [1.807, 2.05) is 25.1 Å². The van der Waals surface area contributed by atoms with Crippen LogP contribution < -0.4 is 15.2 Å². The maximum atomic E-state index is 9.85. The van der Waals surface area contributed by atoms with Crippen molar-refractivity contribution in [3.8, 4) is 28.7 Å². The number of nitriles is 1. The van der Waals surface area contributed by atoms with E-state index in [1.54, 1.807) is 17.9 Å². The number of pyridine rings is 1. The van der Waals surface area contributed by atoms with Gasteiger partial charge in [-0.1, -0.05) is 11.6 Å². The first-order chi connectivity index (χ1) is 15.3. The number of rotatable bonds is 0. The monoisotopic (exact) mass is 430 g/mol. The van der Waals surface area contributed by atoms with Crippen molar-refractivity contribution in [3.63, 3.8) is 0 Å². The van der Waals surface area contributed by atoms with E-state index in [-0.39, 0.29) is 6.10 Å². The van der Waals surface area contributed by atoms with Gasteiger partial charge in [-0.25, -0.2) is 4.98 Å². The van der Waals surface area contributed by atoms with E-state index >= 15 is 0 Å². The predicted octanol–water partition coefficient (Wildman–Crippen LogP) is 3.00. The number of aromatic nitrogens is 3. The Balaban J connectivity index is 1.74. The Bertz CT molecular complexity index is 1250. The number of hydrogen-bond acceptors (Lipinski definition) is 7. The summed E-state index contributed by atoms with van der Waals surface area (Å²) in [5.41, 5.74) is 10.6. The number of nitrogen functional groups attached to an aromatic ring is 1. The Kier molecular flexibility index (Phi) is 4.60. The zero-order chi connectivity index (χ0) is 22.6. The highest BCUT2D eigenvalue weighted by atomic mass is 16.5. The number of ether oxygens (including phenoxy) is 2. The Labute approximate surface area is 187 Å². The molecule has 1 saturated heterocycles. The van der Waals surface area contributed by atoms with Gasteiger partial charge in [-0.05, 0) is 39.1 Å². The second-order valence-electron chi connectivity index (χ2n) is 8.95. The molecule has 32 heavy (non-hydrogen) atoms. The number of likely N-dealkylation sites (tertiary alicyclic amines) is 1. The maximum absolute atomic E-state index is 9.85. The molecule has 1 atom stereocenters. The molecule has 2 aliphatic rings. The van der Waals surface area contributed by atoms with E-state index < -0.39 is 5.60 Å². The maximum Gasteiger partial charge on any atom is 0.166 e. The van der Waals surface area contributed by atoms with Crippen LogP contribution in [0.15, 0.2) is 30.5 Å². The number of nitrogens with zero attached hydrogens (tertiary/aromatic N) is 5. The first-order valence-corrected chi connectivity index (χ1v) is 10.7. The van der Waals surface area contributed by atoms with Crippen molar-refractivity contribution in [2.45, 2.75) is 32.0 Å². The van der Waals surface area contributed by atoms with Crippen LogP contribution in [0.25, 0.3) is 11.1 Å². The number of hydrogen-bond donors (Lipinski definition) is 1. The summed E-state index contributed by atoms with van der Waals surface area (Å²) in [5.74, 6) is 1.56. The van der Waals surface area contributed by atoms with Crippen LogP contribution in [-0.2, 0) is 13.5 Å². The predicted molar refractivity (Wildman–Crippen MR) is 120 cm³/mol. The molecule has 2 N–H and O–H groups in total. The fourth-order valence-electron chi connectivity index (χ4n) is 4.84. The molecule has 8 nitrogen and oxygen atoms in total. The third kappa shape index (κ3) is 3.26. The third-order valence-corrected chi connectivity index (χ3v) is 6.24. The van der Waals surface area contributed by atoms with E-state index in [9.17, 15) is 5.26 Å². The van der Waals surface area contributed by atoms with Gasteiger partial charge in [0.1, 0.15) is 29.2 Å². The molecule has 164 valence electrons. The highest BCUT2D eigenvalue weighted by Gasteiger charge is 2.46. The van der Waals surface area contributed by atoms with Crippen LogP contribution in [-0.4, -0.2) is 45.4 Å². The topological polar surface area (TPSA) is 102 Å². The Morgan fingerprint density at radius 1 is 1.22 bits per heavy atom. The molecular weight excluding hydrogens is 404 g/mol. The van der Waals surface area contributed by atoms with Crippen LogP contribution in [0.4, 0.5) is 5.82 Å². The summed E-state index contributed by atoms with van der Waals surface area (Å²) < 4.78 is 14.6. The minimum Gasteiger partial charge on any atom is -0.484 e. The fraction of sp³-hybridized carbons (Fsp3) is 0.375. The molecule has 0 amide bonds. The summed E-state index contributed by atoms with van der Waals surface area (Å²) in [6.07, 6.45) is 1.95. The first-order valence-electron chi connectivity index (χ1n) is 10.7. The van der Waals surface area contributed by atoms with Gasteiger partial charge < -0.3 is 15.2 Å². The van der Waals surface area contributed by atoms with Gasteiger partial charge in [0.05, 0.1) is 5.69 Å². The molecule has 8 heteroatoms. The van der Waals surface area contributed by atoms with Crippen LogP contribution in [0.5, 0.6) is 11.5 Å². The molecule has 2 aliphatic heterocycles. The van der Waals surface area contributed by atoms with Crippen molar-refractivity contribution in [1.29, 1.82) is 5.26 Å². The molecule has 0 radical (unpaired) electrons. The Morgan fingerprint density at radius 3 is 2.72 bits per heavy atom. The molecule has 2 bridgehead atoms. The van der Waals surface area contributed by atoms with E-state index in [0.717, 1.165) is 46.8 Å². The van der Waals surface area contributed by atoms with Gasteiger partial charge in [0.25, 0.3) is 0 Å². The third-order valence-electron chi connectivity index (χ3n) is 6.24. The molecule has 2 aromatic heterocycles. The molecule has 0 aliphatic carbocycles. The zero-order valence-corrected chi connectivity index (χ0v) is 18.7. The summed E-state index contributed by atoms with van der Waals surface area (Å²) in [6.45, 7) is 5.56. The van der Waals surface area contributed by atoms with Gasteiger partial charge in [0.15, 0.2) is 11.6 Å². The number of anilines is 1. The lowest BCUT2D eigenvalue weighted by atomic mass is 9.86. The minimum absolute atomic E-state index is 0.300. The molecule has 1 fully saturated rings. The number of fused-ring (bicyclic) bond motifs is 5. The molecule has 1 spiro atoms. The number of nitrogens with two attached hydrogens (primary N) is 1. The number of aryl methyl sites for hydroxylation is 2. The summed E-state index contributed by atoms with van der Waals surface area (Å²) in [4.78, 5) is 6.59. The highest BCUT2D eigenvalue weighted by molar-refractivity contribution is 5.74. The van der Waals surface area contributed by atoms with Crippen LogP contribution in [0.1, 0.15) is 35.5 Å². The smallest absolute Gasteiger partial charge is 0.166 e. The summed E-state index contributed by atoms with van der Waals surface area (Å²) in [7, 11) is 3.86. The zero-order valence-electron chi connectivity index (χ0n) is 18.7. The van der Waals surface area contributed by atoms with Gasteiger partial charge in [-0.15, -0.1) is 0 Å². The van der Waals surface area contributed by atoms with Crippen molar-refractivity contribution in [3.05, 3.63) is 53.0 Å². The van der Waals surface area contributed by atoms with Crippen LogP contribution in [0.2, 0.25) is 0 Å². The summed E-state index contributed by atoms with van der Waals surface area (Å²) in [6, 6.07) is 10.3. The van der Waals surface area contributed by atoms with E-state index in [0.29, 0.717) is 23.7 Å². The highest BCUT2D eigenvalue weighted by Crippen LogP contribution is 2.41. The molecular formula is C24H26N6O2. The van der Waals surface area contributed by atoms with E-state index in [1.165, 1.54) is 0 Å². The molecule has 0 unspecified atom stereocenters. The number of likely N-dealkylation sites (N-methyl/N-ethyl adjacent to an activating group) is 1. The SMILES string of the molecule is Cc1ccc2c(c1)[C@@H](C)Oc1cc(cnc1N)-c1c(nn(C)c1C#N)CC1(CN(C)C1)O2. The molecule has 1 aromatic carbocycles. The molecule has 3 aromatic rings. The Morgan fingerprint density at radius 2 is 2.00 bits per heavy atom. The van der Waals surface area contributed by atoms with Crippen LogP contribution in [0, 0.1) is 18.3 Å². The van der Waals surface area contributed by atoms with Crippen molar-refractivity contribution >= 4 is 5.82 Å². The van der Waals surface area contributed by atoms with Gasteiger partial charge in [0.2, 0.25) is 0 Å². The van der Waals surface area contributed by atoms with Gasteiger partial charge in [-0.3, -0.25) is 9.58 Å². The standard InChI is InChI=1S/C24H26N6O2/c1-14-5-6-20-17(7-14)15(2)31-21-8-16(11-27-23(21)26)22-18(28-30(4)19(22)10-25)9-24(32-20)12-29(3)13-24/h5-8,11,15H,9,12-13H2,1-4H3,(H2,26,27)/t15-/m1/s1. The van der Waals surface area contributed by atoms with Crippen molar-refractivity contribution in [2.24, 2.45) is 7.05 Å². The lowest BCUT2D eigenvalue weighted by Crippen LogP contribution is -2.64. The van der Waals surface area contributed by atoms with Crippen molar-refractivity contribution in [2.75, 3.05) is 25.9 Å². The lowest BCUT2D eigenvalue weighted by molar-refractivity contribution is -0.0656. The summed E-state index contributed by atoms with van der Waals surface area (Å²) in [5, 5.41) is 14.6. The van der Waals surface area contributed by atoms with Crippen LogP contribution >= 0.6 is 0 Å². The van der Waals surface area contributed by atoms with E-state index in [2.05, 4.69) is 36.0 Å². The first kappa shape index (κ1) is 20.3. The quantitative estimate of drug-likeness (QED) is 0.585. The normalized spacial score (nSPS) is 19.3. The van der Waals surface area contributed by atoms with Gasteiger partial charge >= 0.3 is 0 Å². The van der Waals surface area contributed by atoms with Crippen molar-refractivity contribution in [1.82, 2.24) is 19.7 Å². The summed E-state index contributed by atoms with van der Waals surface area (Å²) >= 11 is 0. The molecule has 4 heterocycles. The minimum atomic E-state index is -0.447. The fourth-order valence-corrected chi connectivity index (χ4v) is 4.84. The lowest BCUT2D eigenvalue weighted by Gasteiger charge is -2.48. The average Bonchev–Trinajstić information content (AvgIpc) is 3.03.